The Hall–Kier alpha value is -1.03. The minimum atomic E-state index is -0.759. The van der Waals surface area contributed by atoms with Crippen LogP contribution < -0.4 is 5.73 Å². The van der Waals surface area contributed by atoms with Crippen molar-refractivity contribution in [3.8, 4) is 0 Å². The van der Waals surface area contributed by atoms with Crippen LogP contribution in [0.4, 0.5) is 4.79 Å². The van der Waals surface area contributed by atoms with E-state index in [1.54, 1.807) is 0 Å². The fourth-order valence-electron chi connectivity index (χ4n) is 2.24. The summed E-state index contributed by atoms with van der Waals surface area (Å²) < 4.78 is 9.38. The second-order valence-electron chi connectivity index (χ2n) is 5.57. The molecule has 0 saturated heterocycles. The zero-order chi connectivity index (χ0) is 13.5. The van der Waals surface area contributed by atoms with Crippen molar-refractivity contribution in [1.82, 2.24) is 0 Å². The van der Waals surface area contributed by atoms with Gasteiger partial charge in [0.1, 0.15) is 6.61 Å². The van der Waals surface area contributed by atoms with Crippen molar-refractivity contribution < 1.29 is 14.3 Å². The Morgan fingerprint density at radius 1 is 1.41 bits per heavy atom. The number of carbonyl (C=O) groups is 1. The first kappa shape index (κ1) is 16.0. The van der Waals surface area contributed by atoms with Crippen LogP contribution in [0.5, 0.6) is 0 Å². The Kier molecular flexibility index (Phi) is 6.24. The van der Waals surface area contributed by atoms with Gasteiger partial charge < -0.3 is 15.2 Å². The number of hydrogen-bond donors (Lipinski definition) is 1. The topological polar surface area (TPSA) is 61.5 Å². The Morgan fingerprint density at radius 3 is 2.47 bits per heavy atom. The molecule has 0 radical (unpaired) electrons. The molecule has 2 N–H and O–H groups in total. The Morgan fingerprint density at radius 2 is 2.00 bits per heavy atom. The highest BCUT2D eigenvalue weighted by molar-refractivity contribution is 5.60. The zero-order valence-corrected chi connectivity index (χ0v) is 11.4. The smallest absolute Gasteiger partial charge is 0.432 e. The van der Waals surface area contributed by atoms with E-state index in [9.17, 15) is 4.79 Å². The van der Waals surface area contributed by atoms with Gasteiger partial charge in [-0.25, -0.2) is 4.79 Å². The van der Waals surface area contributed by atoms with Crippen molar-refractivity contribution >= 4 is 6.16 Å². The first-order chi connectivity index (χ1) is 7.72. The van der Waals surface area contributed by atoms with Gasteiger partial charge in [-0.15, -0.1) is 0 Å². The lowest BCUT2D eigenvalue weighted by molar-refractivity contribution is 0.0564. The molecule has 0 spiro atoms. The van der Waals surface area contributed by atoms with Crippen LogP contribution in [0.3, 0.4) is 0 Å². The van der Waals surface area contributed by atoms with Crippen LogP contribution in [0, 0.1) is 5.41 Å². The van der Waals surface area contributed by atoms with Gasteiger partial charge in [0, 0.05) is 5.54 Å². The average Bonchev–Trinajstić information content (AvgIpc) is 2.13. The third-order valence-corrected chi connectivity index (χ3v) is 2.51. The summed E-state index contributed by atoms with van der Waals surface area (Å²) in [4.78, 5) is 11.0. The van der Waals surface area contributed by atoms with E-state index in [1.807, 2.05) is 6.92 Å². The standard InChI is InChI=1S/C13H25NO3/c1-6-8-12(3,4)9-13(5,14)10-17-11(15)16-7-2/h7H,2,6,8-10,14H2,1,3-5H3. The predicted molar refractivity (Wildman–Crippen MR) is 68.5 cm³/mol. The van der Waals surface area contributed by atoms with Crippen LogP contribution in [0.2, 0.25) is 0 Å². The lowest BCUT2D eigenvalue weighted by Gasteiger charge is -2.34. The summed E-state index contributed by atoms with van der Waals surface area (Å²) in [6.45, 7) is 11.8. The third-order valence-electron chi connectivity index (χ3n) is 2.51. The summed E-state index contributed by atoms with van der Waals surface area (Å²) in [5, 5.41) is 0. The zero-order valence-electron chi connectivity index (χ0n) is 11.4. The molecule has 0 rings (SSSR count). The molecule has 1 atom stereocenters. The van der Waals surface area contributed by atoms with Gasteiger partial charge >= 0.3 is 6.16 Å². The molecule has 0 bridgehead atoms. The molecule has 0 aromatic heterocycles. The van der Waals surface area contributed by atoms with E-state index in [4.69, 9.17) is 10.5 Å². The van der Waals surface area contributed by atoms with Gasteiger partial charge in [0.15, 0.2) is 0 Å². The van der Waals surface area contributed by atoms with Crippen molar-refractivity contribution in [2.45, 2.75) is 52.5 Å². The molecule has 0 heterocycles. The molecule has 100 valence electrons. The lowest BCUT2D eigenvalue weighted by atomic mass is 9.77. The van der Waals surface area contributed by atoms with E-state index in [-0.39, 0.29) is 12.0 Å². The van der Waals surface area contributed by atoms with E-state index in [2.05, 4.69) is 32.1 Å². The number of hydrogen-bond acceptors (Lipinski definition) is 4. The van der Waals surface area contributed by atoms with E-state index in [1.165, 1.54) is 0 Å². The molecule has 0 aromatic rings. The van der Waals surface area contributed by atoms with E-state index in [0.717, 1.165) is 25.5 Å². The van der Waals surface area contributed by atoms with Crippen LogP contribution in [0.25, 0.3) is 0 Å². The summed E-state index contributed by atoms with van der Waals surface area (Å²) in [5.74, 6) is 0. The fraction of sp³-hybridized carbons (Fsp3) is 0.769. The molecule has 4 nitrogen and oxygen atoms in total. The van der Waals surface area contributed by atoms with Crippen LogP contribution in [0.15, 0.2) is 12.8 Å². The highest BCUT2D eigenvalue weighted by Gasteiger charge is 2.30. The molecule has 4 heteroatoms. The van der Waals surface area contributed by atoms with Gasteiger partial charge in [-0.1, -0.05) is 33.8 Å². The summed E-state index contributed by atoms with van der Waals surface area (Å²) in [5.41, 5.74) is 5.72. The molecule has 0 aliphatic heterocycles. The van der Waals surface area contributed by atoms with Gasteiger partial charge in [0.2, 0.25) is 0 Å². The number of rotatable bonds is 7. The summed E-state index contributed by atoms with van der Waals surface area (Å²) in [6, 6.07) is 0. The molecule has 0 aromatic carbocycles. The van der Waals surface area contributed by atoms with Gasteiger partial charge in [-0.2, -0.15) is 0 Å². The van der Waals surface area contributed by atoms with Gasteiger partial charge in [-0.3, -0.25) is 0 Å². The SMILES string of the molecule is C=COC(=O)OCC(C)(N)CC(C)(C)CCC. The first-order valence-electron chi connectivity index (χ1n) is 5.95. The number of ether oxygens (including phenoxy) is 2. The normalized spacial score (nSPS) is 14.9. The van der Waals surface area contributed by atoms with Gasteiger partial charge in [0.25, 0.3) is 0 Å². The largest absolute Gasteiger partial charge is 0.513 e. The Balaban J connectivity index is 4.19. The minimum Gasteiger partial charge on any atom is -0.432 e. The lowest BCUT2D eigenvalue weighted by Crippen LogP contribution is -2.45. The Bertz CT molecular complexity index is 259. The Labute approximate surface area is 104 Å². The highest BCUT2D eigenvalue weighted by atomic mass is 16.7. The maximum Gasteiger partial charge on any atom is 0.513 e. The third kappa shape index (κ3) is 7.80. The van der Waals surface area contributed by atoms with Crippen LogP contribution >= 0.6 is 0 Å². The number of carbonyl (C=O) groups excluding carboxylic acids is 1. The average molecular weight is 243 g/mol. The molecule has 0 aliphatic rings. The quantitative estimate of drug-likeness (QED) is 0.551. The molecular weight excluding hydrogens is 218 g/mol. The maximum atomic E-state index is 11.0. The molecule has 0 saturated carbocycles. The van der Waals surface area contributed by atoms with E-state index in [0.29, 0.717) is 0 Å². The molecule has 1 unspecified atom stereocenters. The van der Waals surface area contributed by atoms with Crippen molar-refractivity contribution in [3.05, 3.63) is 12.8 Å². The summed E-state index contributed by atoms with van der Waals surface area (Å²) >= 11 is 0. The summed E-state index contributed by atoms with van der Waals surface area (Å²) in [6.07, 6.45) is 3.27. The predicted octanol–water partition coefficient (Wildman–Crippen LogP) is 3.22. The molecular formula is C13H25NO3. The van der Waals surface area contributed by atoms with Crippen molar-refractivity contribution in [2.75, 3.05) is 6.61 Å². The van der Waals surface area contributed by atoms with Crippen molar-refractivity contribution in [1.29, 1.82) is 0 Å². The molecule has 0 fully saturated rings. The number of nitrogens with two attached hydrogens (primary N) is 1. The second-order valence-corrected chi connectivity index (χ2v) is 5.57. The van der Waals surface area contributed by atoms with Gasteiger partial charge in [0.05, 0.1) is 6.26 Å². The van der Waals surface area contributed by atoms with Crippen LogP contribution in [-0.4, -0.2) is 18.3 Å². The molecule has 0 aliphatic carbocycles. The first-order valence-corrected chi connectivity index (χ1v) is 5.95. The molecule has 0 amide bonds. The van der Waals surface area contributed by atoms with E-state index >= 15 is 0 Å². The van der Waals surface area contributed by atoms with Crippen molar-refractivity contribution in [2.24, 2.45) is 11.1 Å². The summed E-state index contributed by atoms with van der Waals surface area (Å²) in [7, 11) is 0. The molecule has 17 heavy (non-hydrogen) atoms. The van der Waals surface area contributed by atoms with E-state index < -0.39 is 11.7 Å². The highest BCUT2D eigenvalue weighted by Crippen LogP contribution is 2.31. The fourth-order valence-corrected chi connectivity index (χ4v) is 2.24. The van der Waals surface area contributed by atoms with Gasteiger partial charge in [-0.05, 0) is 25.2 Å². The monoisotopic (exact) mass is 243 g/mol. The van der Waals surface area contributed by atoms with Crippen molar-refractivity contribution in [3.63, 3.8) is 0 Å². The maximum absolute atomic E-state index is 11.0. The second kappa shape index (κ2) is 6.64. The van der Waals surface area contributed by atoms with Crippen LogP contribution in [-0.2, 0) is 9.47 Å². The minimum absolute atomic E-state index is 0.143. The van der Waals surface area contributed by atoms with Crippen LogP contribution in [0.1, 0.15) is 47.0 Å².